The van der Waals surface area contributed by atoms with E-state index < -0.39 is 17.7 Å². The Balaban J connectivity index is 1.75. The molecule has 5 nitrogen and oxygen atoms in total. The fourth-order valence-corrected chi connectivity index (χ4v) is 2.63. The van der Waals surface area contributed by atoms with Crippen molar-refractivity contribution >= 4 is 39.3 Å². The van der Waals surface area contributed by atoms with Crippen LogP contribution < -0.4 is 5.32 Å². The predicted octanol–water partition coefficient (Wildman–Crippen LogP) is 2.68. The molecule has 0 unspecified atom stereocenters. The minimum absolute atomic E-state index is 0.307. The second-order valence-corrected chi connectivity index (χ2v) is 5.72. The third kappa shape index (κ3) is 2.65. The van der Waals surface area contributed by atoms with Gasteiger partial charge >= 0.3 is 0 Å². The maximum absolute atomic E-state index is 12.3. The Kier molecular flexibility index (Phi) is 3.77. The van der Waals surface area contributed by atoms with Gasteiger partial charge < -0.3 is 5.32 Å². The van der Waals surface area contributed by atoms with Crippen LogP contribution >= 0.6 is 15.9 Å². The lowest BCUT2D eigenvalue weighted by Gasteiger charge is -2.13. The van der Waals surface area contributed by atoms with Gasteiger partial charge in [0.15, 0.2) is 0 Å². The third-order valence-corrected chi connectivity index (χ3v) is 3.79. The van der Waals surface area contributed by atoms with Gasteiger partial charge in [0.05, 0.1) is 11.1 Å². The van der Waals surface area contributed by atoms with Crippen molar-refractivity contribution in [3.8, 4) is 0 Å². The molecule has 0 saturated heterocycles. The van der Waals surface area contributed by atoms with Gasteiger partial charge in [0.1, 0.15) is 6.54 Å². The van der Waals surface area contributed by atoms with E-state index in [1.807, 2.05) is 6.07 Å². The lowest BCUT2D eigenvalue weighted by atomic mass is 10.1. The maximum atomic E-state index is 12.3. The Hall–Kier alpha value is -2.47. The normalized spacial score (nSPS) is 13.2. The van der Waals surface area contributed by atoms with Crippen LogP contribution in [0.5, 0.6) is 0 Å². The summed E-state index contributed by atoms with van der Waals surface area (Å²) in [6.45, 7) is -0.307. The third-order valence-electron chi connectivity index (χ3n) is 3.29. The van der Waals surface area contributed by atoms with Crippen molar-refractivity contribution in [2.24, 2.45) is 0 Å². The molecule has 22 heavy (non-hydrogen) atoms. The molecular weight excluding hydrogens is 348 g/mol. The Morgan fingerprint density at radius 1 is 1.00 bits per heavy atom. The molecule has 6 heteroatoms. The first-order valence-corrected chi connectivity index (χ1v) is 7.36. The van der Waals surface area contributed by atoms with Crippen LogP contribution in [-0.4, -0.2) is 29.2 Å². The summed E-state index contributed by atoms with van der Waals surface area (Å²) in [4.78, 5) is 37.4. The summed E-state index contributed by atoms with van der Waals surface area (Å²) in [6.07, 6.45) is 0. The monoisotopic (exact) mass is 358 g/mol. The number of para-hydroxylation sites is 1. The number of nitrogens with zero attached hydrogens (tertiary/aromatic N) is 1. The van der Waals surface area contributed by atoms with Crippen molar-refractivity contribution in [2.75, 3.05) is 11.9 Å². The number of imide groups is 1. The van der Waals surface area contributed by atoms with E-state index in [0.29, 0.717) is 21.3 Å². The molecule has 0 radical (unpaired) electrons. The Bertz CT molecular complexity index is 774. The van der Waals surface area contributed by atoms with E-state index in [4.69, 9.17) is 0 Å². The van der Waals surface area contributed by atoms with Crippen LogP contribution in [0, 0.1) is 0 Å². The number of anilines is 1. The van der Waals surface area contributed by atoms with Crippen molar-refractivity contribution in [1.82, 2.24) is 4.90 Å². The fourth-order valence-electron chi connectivity index (χ4n) is 2.27. The molecule has 1 N–H and O–H groups in total. The zero-order chi connectivity index (χ0) is 15.7. The van der Waals surface area contributed by atoms with E-state index in [-0.39, 0.29) is 6.54 Å². The molecule has 0 fully saturated rings. The van der Waals surface area contributed by atoms with Gasteiger partial charge in [-0.25, -0.2) is 0 Å². The molecule has 1 aliphatic heterocycles. The Morgan fingerprint density at radius 2 is 1.68 bits per heavy atom. The van der Waals surface area contributed by atoms with Gasteiger partial charge in [-0.1, -0.05) is 34.1 Å². The second kappa shape index (κ2) is 5.73. The molecule has 2 aromatic rings. The summed E-state index contributed by atoms with van der Waals surface area (Å²) < 4.78 is 0.711. The zero-order valence-electron chi connectivity index (χ0n) is 11.4. The smallest absolute Gasteiger partial charge is 0.262 e. The van der Waals surface area contributed by atoms with Crippen LogP contribution in [0.15, 0.2) is 53.0 Å². The van der Waals surface area contributed by atoms with Crippen LogP contribution in [0.1, 0.15) is 20.7 Å². The number of carbonyl (C=O) groups is 3. The number of hydrogen-bond acceptors (Lipinski definition) is 3. The van der Waals surface area contributed by atoms with Gasteiger partial charge in [0.2, 0.25) is 5.91 Å². The van der Waals surface area contributed by atoms with Crippen molar-refractivity contribution < 1.29 is 14.4 Å². The topological polar surface area (TPSA) is 66.5 Å². The van der Waals surface area contributed by atoms with E-state index in [1.54, 1.807) is 42.5 Å². The standard InChI is InChI=1S/C16H11BrN2O3/c17-10-6-7-12-13(8-10)16(22)19(15(12)21)9-14(20)18-11-4-2-1-3-5-11/h1-8H,9H2,(H,18,20). The van der Waals surface area contributed by atoms with Crippen molar-refractivity contribution in [3.05, 3.63) is 64.1 Å². The van der Waals surface area contributed by atoms with Crippen molar-refractivity contribution in [1.29, 1.82) is 0 Å². The van der Waals surface area contributed by atoms with Crippen LogP contribution in [-0.2, 0) is 4.79 Å². The highest BCUT2D eigenvalue weighted by molar-refractivity contribution is 9.10. The molecule has 0 saturated carbocycles. The number of rotatable bonds is 3. The summed E-state index contributed by atoms with van der Waals surface area (Å²) >= 11 is 3.27. The van der Waals surface area contributed by atoms with Crippen molar-refractivity contribution in [3.63, 3.8) is 0 Å². The van der Waals surface area contributed by atoms with Crippen LogP contribution in [0.2, 0.25) is 0 Å². The summed E-state index contributed by atoms with van der Waals surface area (Å²) in [6, 6.07) is 13.7. The highest BCUT2D eigenvalue weighted by Crippen LogP contribution is 2.25. The molecule has 1 aliphatic rings. The van der Waals surface area contributed by atoms with Gasteiger partial charge in [0, 0.05) is 10.2 Å². The number of hydrogen-bond donors (Lipinski definition) is 1. The first-order valence-electron chi connectivity index (χ1n) is 6.57. The van der Waals surface area contributed by atoms with Gasteiger partial charge in [-0.05, 0) is 30.3 Å². The lowest BCUT2D eigenvalue weighted by Crippen LogP contribution is -2.37. The molecule has 110 valence electrons. The maximum Gasteiger partial charge on any atom is 0.262 e. The Morgan fingerprint density at radius 3 is 2.41 bits per heavy atom. The lowest BCUT2D eigenvalue weighted by molar-refractivity contribution is -0.116. The van der Waals surface area contributed by atoms with Crippen molar-refractivity contribution in [2.45, 2.75) is 0 Å². The summed E-state index contributed by atoms with van der Waals surface area (Å²) in [5.74, 6) is -1.32. The Labute approximate surface area is 135 Å². The molecule has 3 rings (SSSR count). The summed E-state index contributed by atoms with van der Waals surface area (Å²) in [7, 11) is 0. The fraction of sp³-hybridized carbons (Fsp3) is 0.0625. The molecule has 0 atom stereocenters. The van der Waals surface area contributed by atoms with Crippen LogP contribution in [0.25, 0.3) is 0 Å². The molecule has 0 aliphatic carbocycles. The SMILES string of the molecule is O=C(CN1C(=O)c2ccc(Br)cc2C1=O)Nc1ccccc1. The van der Waals surface area contributed by atoms with E-state index in [1.165, 1.54) is 0 Å². The average Bonchev–Trinajstić information content (AvgIpc) is 2.73. The molecule has 2 aromatic carbocycles. The predicted molar refractivity (Wildman–Crippen MR) is 84.6 cm³/mol. The molecule has 3 amide bonds. The highest BCUT2D eigenvalue weighted by Gasteiger charge is 2.36. The quantitative estimate of drug-likeness (QED) is 0.857. The largest absolute Gasteiger partial charge is 0.325 e. The van der Waals surface area contributed by atoms with E-state index in [9.17, 15) is 14.4 Å². The molecular formula is C16H11BrN2O3. The first-order chi connectivity index (χ1) is 10.6. The summed E-state index contributed by atoms with van der Waals surface area (Å²) in [5.41, 5.74) is 1.25. The highest BCUT2D eigenvalue weighted by atomic mass is 79.9. The van der Waals surface area contributed by atoms with Gasteiger partial charge in [-0.15, -0.1) is 0 Å². The molecule has 0 spiro atoms. The van der Waals surface area contributed by atoms with Gasteiger partial charge in [-0.2, -0.15) is 0 Å². The number of fused-ring (bicyclic) bond motifs is 1. The molecule has 0 bridgehead atoms. The molecule has 1 heterocycles. The minimum Gasteiger partial charge on any atom is -0.325 e. The number of amides is 3. The number of carbonyl (C=O) groups excluding carboxylic acids is 3. The van der Waals surface area contributed by atoms with Gasteiger partial charge in [0.25, 0.3) is 11.8 Å². The number of benzene rings is 2. The number of halogens is 1. The minimum atomic E-state index is -0.454. The zero-order valence-corrected chi connectivity index (χ0v) is 13.0. The second-order valence-electron chi connectivity index (χ2n) is 4.80. The summed E-state index contributed by atoms with van der Waals surface area (Å²) in [5, 5.41) is 2.65. The molecule has 0 aromatic heterocycles. The number of nitrogens with one attached hydrogen (secondary N) is 1. The van der Waals surface area contributed by atoms with E-state index in [0.717, 1.165) is 4.90 Å². The van der Waals surface area contributed by atoms with E-state index in [2.05, 4.69) is 21.2 Å². The van der Waals surface area contributed by atoms with E-state index >= 15 is 0 Å². The first kappa shape index (κ1) is 14.5. The van der Waals surface area contributed by atoms with Crippen LogP contribution in [0.3, 0.4) is 0 Å². The van der Waals surface area contributed by atoms with Gasteiger partial charge in [-0.3, -0.25) is 19.3 Å². The van der Waals surface area contributed by atoms with Crippen LogP contribution in [0.4, 0.5) is 5.69 Å². The average molecular weight is 359 g/mol.